The van der Waals surface area contributed by atoms with Gasteiger partial charge in [-0.15, -0.1) is 0 Å². The van der Waals surface area contributed by atoms with E-state index in [0.29, 0.717) is 11.6 Å². The van der Waals surface area contributed by atoms with Crippen molar-refractivity contribution in [1.82, 2.24) is 4.98 Å². The van der Waals surface area contributed by atoms with Crippen LogP contribution in [0.3, 0.4) is 0 Å². The zero-order valence-electron chi connectivity index (χ0n) is 21.2. The molecule has 6 aromatic rings. The molecule has 0 radical (unpaired) electrons. The fraction of sp³-hybridized carbons (Fsp3) is 0.121. The van der Waals surface area contributed by atoms with Gasteiger partial charge in [0, 0.05) is 28.1 Å². The van der Waals surface area contributed by atoms with Gasteiger partial charge < -0.3 is 4.42 Å². The maximum Gasteiger partial charge on any atom is 0.144 e. The Labute approximate surface area is 207 Å². The number of benzene rings is 4. The molecule has 0 amide bonds. The van der Waals surface area contributed by atoms with Crippen LogP contribution in [0.25, 0.3) is 55.4 Å². The molecular weight excluding hydrogens is 426 g/mol. The number of hydrogen-bond acceptors (Lipinski definition) is 2. The number of para-hydroxylation sites is 2. The minimum atomic E-state index is 0.0130. The van der Waals surface area contributed by atoms with Gasteiger partial charge in [0.2, 0.25) is 0 Å². The van der Waals surface area contributed by atoms with Crippen molar-refractivity contribution in [3.63, 3.8) is 0 Å². The second-order valence-corrected chi connectivity index (χ2v) is 10.0. The predicted octanol–water partition coefficient (Wildman–Crippen LogP) is 9.28. The maximum absolute atomic E-state index is 8.68. The number of hydrogen-bond donors (Lipinski definition) is 0. The molecule has 0 aliphatic heterocycles. The van der Waals surface area contributed by atoms with E-state index in [1.165, 1.54) is 16.7 Å². The molecule has 0 aliphatic rings. The number of fused-ring (bicyclic) bond motifs is 3. The third-order valence-electron chi connectivity index (χ3n) is 6.64. The third kappa shape index (κ3) is 3.81. The molecule has 0 aliphatic carbocycles. The molecule has 0 bridgehead atoms. The number of rotatable bonds is 3. The van der Waals surface area contributed by atoms with Crippen molar-refractivity contribution >= 4 is 21.9 Å². The van der Waals surface area contributed by atoms with Crippen molar-refractivity contribution in [3.05, 3.63) is 115 Å². The van der Waals surface area contributed by atoms with Crippen LogP contribution in [0.5, 0.6) is 0 Å². The van der Waals surface area contributed by atoms with E-state index in [-0.39, 0.29) is 5.41 Å². The Morgan fingerprint density at radius 3 is 2.11 bits per heavy atom. The first-order chi connectivity index (χ1) is 17.4. The number of nitrogens with zero attached hydrogens (tertiary/aromatic N) is 1. The van der Waals surface area contributed by atoms with E-state index in [2.05, 4.69) is 92.5 Å². The molecule has 0 saturated heterocycles. The van der Waals surface area contributed by atoms with Crippen LogP contribution in [0.2, 0.25) is 0 Å². The van der Waals surface area contributed by atoms with Gasteiger partial charge in [-0.25, -0.2) is 0 Å². The van der Waals surface area contributed by atoms with E-state index in [1.807, 2.05) is 36.5 Å². The van der Waals surface area contributed by atoms with Crippen molar-refractivity contribution in [2.24, 2.45) is 0 Å². The molecule has 2 heteroatoms. The summed E-state index contributed by atoms with van der Waals surface area (Å²) in [5.41, 5.74) is 8.98. The van der Waals surface area contributed by atoms with Crippen LogP contribution in [0.4, 0.5) is 0 Å². The molecule has 2 heterocycles. The van der Waals surface area contributed by atoms with Crippen LogP contribution in [0.15, 0.2) is 114 Å². The van der Waals surface area contributed by atoms with Gasteiger partial charge in [0.1, 0.15) is 11.2 Å². The van der Waals surface area contributed by atoms with Gasteiger partial charge in [-0.1, -0.05) is 106 Å². The lowest BCUT2D eigenvalue weighted by Gasteiger charge is -2.19. The van der Waals surface area contributed by atoms with Crippen molar-refractivity contribution in [3.8, 4) is 33.5 Å². The molecule has 6 rings (SSSR count). The molecule has 35 heavy (non-hydrogen) atoms. The molecule has 0 unspecified atom stereocenters. The minimum Gasteiger partial charge on any atom is -0.455 e. The zero-order valence-corrected chi connectivity index (χ0v) is 20.2. The first kappa shape index (κ1) is 20.2. The fourth-order valence-electron chi connectivity index (χ4n) is 4.68. The topological polar surface area (TPSA) is 26.0 Å². The zero-order chi connectivity index (χ0) is 24.9. The van der Waals surface area contributed by atoms with E-state index < -0.39 is 0 Å². The summed E-state index contributed by atoms with van der Waals surface area (Å²) >= 11 is 0. The summed E-state index contributed by atoms with van der Waals surface area (Å²) < 4.78 is 15.3. The van der Waals surface area contributed by atoms with Gasteiger partial charge in [-0.3, -0.25) is 4.98 Å². The number of furan rings is 1. The summed E-state index contributed by atoms with van der Waals surface area (Å²) in [6.45, 7) is 6.60. The summed E-state index contributed by atoms with van der Waals surface area (Å²) in [6, 6.07) is 33.6. The lowest BCUT2D eigenvalue weighted by molar-refractivity contribution is 0.589. The van der Waals surface area contributed by atoms with Gasteiger partial charge in [-0.2, -0.15) is 0 Å². The third-order valence-corrected chi connectivity index (χ3v) is 6.64. The van der Waals surface area contributed by atoms with Crippen molar-refractivity contribution in [1.29, 1.82) is 0 Å². The summed E-state index contributed by atoms with van der Waals surface area (Å²) in [7, 11) is 0. The van der Waals surface area contributed by atoms with Gasteiger partial charge >= 0.3 is 0 Å². The van der Waals surface area contributed by atoms with Gasteiger partial charge in [0.15, 0.2) is 0 Å². The molecule has 2 aromatic heterocycles. The Morgan fingerprint density at radius 2 is 1.34 bits per heavy atom. The molecule has 0 saturated carbocycles. The average Bonchev–Trinajstić information content (AvgIpc) is 3.30. The first-order valence-electron chi connectivity index (χ1n) is 12.5. The molecule has 0 N–H and O–H groups in total. The van der Waals surface area contributed by atoms with E-state index >= 15 is 0 Å². The maximum atomic E-state index is 8.68. The monoisotopic (exact) mass is 454 g/mol. The smallest absolute Gasteiger partial charge is 0.144 e. The molecule has 170 valence electrons. The van der Waals surface area contributed by atoms with Crippen molar-refractivity contribution in [2.75, 3.05) is 0 Å². The lowest BCUT2D eigenvalue weighted by Crippen LogP contribution is -2.11. The molecule has 0 spiro atoms. The SMILES string of the molecule is [2H]c1ccc(-c2cc(C(C)(C)C)ccn2)c2oc3c(-c4ccc(-c5ccccc5)cc4)cccc3c12. The highest BCUT2D eigenvalue weighted by Crippen LogP contribution is 2.40. The molecule has 0 fully saturated rings. The normalized spacial score (nSPS) is 12.3. The second kappa shape index (κ2) is 8.25. The average molecular weight is 455 g/mol. The minimum absolute atomic E-state index is 0.0130. The Balaban J connectivity index is 1.53. The van der Waals surface area contributed by atoms with E-state index in [9.17, 15) is 0 Å². The summed E-state index contributed by atoms with van der Waals surface area (Å²) in [5, 5.41) is 1.78. The van der Waals surface area contributed by atoms with Gasteiger partial charge in [-0.05, 0) is 45.9 Å². The number of pyridine rings is 1. The van der Waals surface area contributed by atoms with Crippen molar-refractivity contribution < 1.29 is 5.79 Å². The van der Waals surface area contributed by atoms with Crippen molar-refractivity contribution in [2.45, 2.75) is 26.2 Å². The van der Waals surface area contributed by atoms with Crippen LogP contribution >= 0.6 is 0 Å². The fourth-order valence-corrected chi connectivity index (χ4v) is 4.68. The quantitative estimate of drug-likeness (QED) is 0.266. The predicted molar refractivity (Wildman–Crippen MR) is 147 cm³/mol. The highest BCUT2D eigenvalue weighted by Gasteiger charge is 2.18. The Bertz CT molecular complexity index is 1710. The van der Waals surface area contributed by atoms with E-state index in [0.717, 1.165) is 38.7 Å². The molecule has 0 atom stereocenters. The summed E-state index contributed by atoms with van der Waals surface area (Å²) in [6.07, 6.45) is 1.86. The highest BCUT2D eigenvalue weighted by molar-refractivity contribution is 6.12. The Hall–Kier alpha value is -4.17. The van der Waals surface area contributed by atoms with Crippen LogP contribution in [0, 0.1) is 0 Å². The Morgan fingerprint density at radius 1 is 0.657 bits per heavy atom. The van der Waals surface area contributed by atoms with E-state index in [4.69, 9.17) is 5.79 Å². The van der Waals surface area contributed by atoms with Crippen LogP contribution < -0.4 is 0 Å². The Kier molecular flexibility index (Phi) is 4.77. The summed E-state index contributed by atoms with van der Waals surface area (Å²) in [5.74, 6) is 0. The highest BCUT2D eigenvalue weighted by atomic mass is 16.3. The van der Waals surface area contributed by atoms with Crippen LogP contribution in [-0.4, -0.2) is 4.98 Å². The second-order valence-electron chi connectivity index (χ2n) is 10.0. The largest absolute Gasteiger partial charge is 0.455 e. The van der Waals surface area contributed by atoms with E-state index in [1.54, 1.807) is 0 Å². The lowest BCUT2D eigenvalue weighted by atomic mass is 9.87. The molecule has 2 nitrogen and oxygen atoms in total. The van der Waals surface area contributed by atoms with Gasteiger partial charge in [0.25, 0.3) is 0 Å². The molecule has 4 aromatic carbocycles. The van der Waals surface area contributed by atoms with Gasteiger partial charge in [0.05, 0.1) is 7.06 Å². The first-order valence-corrected chi connectivity index (χ1v) is 12.0. The summed E-state index contributed by atoms with van der Waals surface area (Å²) in [4.78, 5) is 4.67. The van der Waals surface area contributed by atoms with Crippen LogP contribution in [-0.2, 0) is 5.41 Å². The van der Waals surface area contributed by atoms with Crippen LogP contribution in [0.1, 0.15) is 27.7 Å². The standard InChI is InChI=1S/C33H27NO/c1-33(2,3)25-19-20-34-30(21-25)29-14-8-13-28-27-12-7-11-26(31(27)35-32(28)29)24-17-15-23(16-18-24)22-9-5-4-6-10-22/h4-21H,1-3H3/i13D. The molecular formula is C33H27NO. The number of aromatic nitrogens is 1.